The van der Waals surface area contributed by atoms with Gasteiger partial charge in [0.05, 0.1) is 6.04 Å². The lowest BCUT2D eigenvalue weighted by Crippen LogP contribution is -2.46. The molecule has 0 aromatic heterocycles. The average Bonchev–Trinajstić information content (AvgIpc) is 2.68. The summed E-state index contributed by atoms with van der Waals surface area (Å²) in [5.41, 5.74) is 1.89. The Balaban J connectivity index is 1.45. The Morgan fingerprint density at radius 3 is 2.68 bits per heavy atom. The van der Waals surface area contributed by atoms with Gasteiger partial charge in [0.2, 0.25) is 5.91 Å². The van der Waals surface area contributed by atoms with Crippen molar-refractivity contribution in [1.29, 1.82) is 0 Å². The van der Waals surface area contributed by atoms with E-state index in [0.29, 0.717) is 22.9 Å². The van der Waals surface area contributed by atoms with Crippen LogP contribution in [0.4, 0.5) is 0 Å². The number of rotatable bonds is 4. The molecule has 1 aliphatic carbocycles. The lowest BCUT2D eigenvalue weighted by molar-refractivity contribution is -0.122. The molecular formula is C23H25Cl2NO2. The van der Waals surface area contributed by atoms with Crippen molar-refractivity contribution in [3.05, 3.63) is 63.6 Å². The molecule has 3 nitrogen and oxygen atoms in total. The van der Waals surface area contributed by atoms with Crippen molar-refractivity contribution in [3.63, 3.8) is 0 Å². The summed E-state index contributed by atoms with van der Waals surface area (Å²) in [7, 11) is 0. The van der Waals surface area contributed by atoms with Crippen molar-refractivity contribution in [2.24, 2.45) is 0 Å². The highest BCUT2D eigenvalue weighted by atomic mass is 35.5. The van der Waals surface area contributed by atoms with E-state index in [2.05, 4.69) is 11.4 Å². The minimum atomic E-state index is -0.135. The van der Waals surface area contributed by atoms with Crippen LogP contribution < -0.4 is 10.1 Å². The van der Waals surface area contributed by atoms with Crippen LogP contribution in [-0.2, 0) is 11.2 Å². The van der Waals surface area contributed by atoms with Crippen molar-refractivity contribution in [2.75, 3.05) is 0 Å². The maximum atomic E-state index is 12.7. The number of nitrogens with one attached hydrogen (secondary N) is 1. The Morgan fingerprint density at radius 1 is 1.11 bits per heavy atom. The minimum Gasteiger partial charge on any atom is -0.487 e. The lowest BCUT2D eigenvalue weighted by Gasteiger charge is -2.44. The molecule has 0 unspecified atom stereocenters. The average molecular weight is 418 g/mol. The molecule has 1 saturated carbocycles. The third-order valence-corrected chi connectivity index (χ3v) is 6.52. The van der Waals surface area contributed by atoms with E-state index in [1.165, 1.54) is 19.3 Å². The lowest BCUT2D eigenvalue weighted by atomic mass is 9.77. The summed E-state index contributed by atoms with van der Waals surface area (Å²) in [5.74, 6) is 0.959. The topological polar surface area (TPSA) is 38.3 Å². The molecule has 2 aromatic rings. The number of para-hydroxylation sites is 1. The van der Waals surface area contributed by atoms with Crippen molar-refractivity contribution in [1.82, 2.24) is 5.32 Å². The van der Waals surface area contributed by atoms with Crippen LogP contribution >= 0.6 is 23.2 Å². The Hall–Kier alpha value is -1.71. The fourth-order valence-electron chi connectivity index (χ4n) is 4.49. The highest BCUT2D eigenvalue weighted by molar-refractivity contribution is 6.35. The predicted octanol–water partition coefficient (Wildman–Crippen LogP) is 6.27. The zero-order valence-corrected chi connectivity index (χ0v) is 17.4. The molecule has 28 heavy (non-hydrogen) atoms. The van der Waals surface area contributed by atoms with E-state index in [-0.39, 0.29) is 17.6 Å². The first-order valence-electron chi connectivity index (χ1n) is 10.1. The largest absolute Gasteiger partial charge is 0.487 e. The van der Waals surface area contributed by atoms with Gasteiger partial charge in [-0.05, 0) is 55.9 Å². The van der Waals surface area contributed by atoms with Crippen LogP contribution in [0.3, 0.4) is 0 Å². The number of halogens is 2. The minimum absolute atomic E-state index is 0.00348. The molecule has 0 radical (unpaired) electrons. The molecule has 1 fully saturated rings. The SMILES string of the molecule is O=C(CCc1ccc(Cl)cc1Cl)N[C@H]1CC2(CCCCC2)Oc2ccccc21. The Bertz CT molecular complexity index is 861. The molecule has 148 valence electrons. The van der Waals surface area contributed by atoms with Crippen molar-refractivity contribution >= 4 is 29.1 Å². The number of carbonyl (C=O) groups excluding carboxylic acids is 1. The first kappa shape index (κ1) is 19.6. The summed E-state index contributed by atoms with van der Waals surface area (Å²) < 4.78 is 6.45. The van der Waals surface area contributed by atoms with E-state index in [0.717, 1.165) is 36.1 Å². The summed E-state index contributed by atoms with van der Waals surface area (Å²) in [5, 5.41) is 4.48. The molecule has 1 spiro atoms. The standard InChI is InChI=1S/C23H25Cl2NO2/c24-17-10-8-16(19(25)14-17)9-11-22(27)26-20-15-23(12-4-1-5-13-23)28-21-7-3-2-6-18(20)21/h2-3,6-8,10,14,20H,1,4-5,9,11-13,15H2,(H,26,27)/t20-/m0/s1. The van der Waals surface area contributed by atoms with Crippen molar-refractivity contribution in [3.8, 4) is 5.75 Å². The van der Waals surface area contributed by atoms with Gasteiger partial charge in [0, 0.05) is 28.5 Å². The number of aryl methyl sites for hydroxylation is 1. The fourth-order valence-corrected chi connectivity index (χ4v) is 4.99. The highest BCUT2D eigenvalue weighted by Crippen LogP contribution is 2.46. The molecule has 1 atom stereocenters. The molecule has 1 heterocycles. The third kappa shape index (κ3) is 4.31. The van der Waals surface area contributed by atoms with Crippen LogP contribution in [0.25, 0.3) is 0 Å². The van der Waals surface area contributed by atoms with E-state index in [9.17, 15) is 4.79 Å². The van der Waals surface area contributed by atoms with E-state index < -0.39 is 0 Å². The van der Waals surface area contributed by atoms with E-state index in [4.69, 9.17) is 27.9 Å². The second-order valence-electron chi connectivity index (χ2n) is 7.94. The van der Waals surface area contributed by atoms with Crippen LogP contribution in [-0.4, -0.2) is 11.5 Å². The molecule has 1 amide bonds. The smallest absolute Gasteiger partial charge is 0.220 e. The van der Waals surface area contributed by atoms with Crippen molar-refractivity contribution in [2.45, 2.75) is 63.0 Å². The molecule has 0 saturated heterocycles. The van der Waals surface area contributed by atoms with Gasteiger partial charge in [-0.1, -0.05) is 53.9 Å². The molecule has 1 N–H and O–H groups in total. The molecule has 1 aliphatic heterocycles. The second-order valence-corrected chi connectivity index (χ2v) is 8.79. The van der Waals surface area contributed by atoms with Gasteiger partial charge in [0.25, 0.3) is 0 Å². The van der Waals surface area contributed by atoms with Gasteiger partial charge in [-0.3, -0.25) is 4.79 Å². The summed E-state index contributed by atoms with van der Waals surface area (Å²) in [4.78, 5) is 12.7. The van der Waals surface area contributed by atoms with Crippen LogP contribution in [0.1, 0.15) is 62.1 Å². The van der Waals surface area contributed by atoms with E-state index in [1.807, 2.05) is 30.3 Å². The van der Waals surface area contributed by atoms with Gasteiger partial charge < -0.3 is 10.1 Å². The highest BCUT2D eigenvalue weighted by Gasteiger charge is 2.42. The molecular weight excluding hydrogens is 393 g/mol. The van der Waals surface area contributed by atoms with Gasteiger partial charge in [-0.15, -0.1) is 0 Å². The molecule has 2 aromatic carbocycles. The molecule has 0 bridgehead atoms. The first-order chi connectivity index (χ1) is 13.5. The molecule has 4 rings (SSSR count). The molecule has 5 heteroatoms. The Morgan fingerprint density at radius 2 is 1.89 bits per heavy atom. The number of hydrogen-bond donors (Lipinski definition) is 1. The summed E-state index contributed by atoms with van der Waals surface area (Å²) in [6, 6.07) is 13.5. The number of amides is 1. The van der Waals surface area contributed by atoms with Crippen molar-refractivity contribution < 1.29 is 9.53 Å². The fraction of sp³-hybridized carbons (Fsp3) is 0.435. The summed E-state index contributed by atoms with van der Waals surface area (Å²) in [6.45, 7) is 0. The van der Waals surface area contributed by atoms with Gasteiger partial charge in [-0.25, -0.2) is 0 Å². The summed E-state index contributed by atoms with van der Waals surface area (Å²) in [6.07, 6.45) is 7.62. The number of fused-ring (bicyclic) bond motifs is 1. The Labute approximate surface area is 176 Å². The monoisotopic (exact) mass is 417 g/mol. The van der Waals surface area contributed by atoms with Crippen LogP contribution in [0.5, 0.6) is 5.75 Å². The normalized spacial score (nSPS) is 20.3. The van der Waals surface area contributed by atoms with Gasteiger partial charge in [0.15, 0.2) is 0 Å². The number of hydrogen-bond acceptors (Lipinski definition) is 2. The second kappa shape index (κ2) is 8.34. The van der Waals surface area contributed by atoms with Crippen LogP contribution in [0, 0.1) is 0 Å². The quantitative estimate of drug-likeness (QED) is 0.636. The third-order valence-electron chi connectivity index (χ3n) is 5.93. The number of carbonyl (C=O) groups is 1. The van der Waals surface area contributed by atoms with Crippen LogP contribution in [0.2, 0.25) is 10.0 Å². The van der Waals surface area contributed by atoms with Gasteiger partial charge >= 0.3 is 0 Å². The predicted molar refractivity (Wildman–Crippen MR) is 113 cm³/mol. The summed E-state index contributed by atoms with van der Waals surface area (Å²) >= 11 is 12.2. The molecule has 2 aliphatic rings. The first-order valence-corrected chi connectivity index (χ1v) is 10.8. The maximum Gasteiger partial charge on any atom is 0.220 e. The van der Waals surface area contributed by atoms with Gasteiger partial charge in [0.1, 0.15) is 11.4 Å². The zero-order chi connectivity index (χ0) is 19.6. The maximum absolute atomic E-state index is 12.7. The van der Waals surface area contributed by atoms with E-state index in [1.54, 1.807) is 6.07 Å². The van der Waals surface area contributed by atoms with Gasteiger partial charge in [-0.2, -0.15) is 0 Å². The Kier molecular flexibility index (Phi) is 5.84. The number of benzene rings is 2. The number of ether oxygens (including phenoxy) is 1. The van der Waals surface area contributed by atoms with E-state index >= 15 is 0 Å². The zero-order valence-electron chi connectivity index (χ0n) is 15.8. The van der Waals surface area contributed by atoms with Crippen LogP contribution in [0.15, 0.2) is 42.5 Å².